The van der Waals surface area contributed by atoms with Gasteiger partial charge in [0.1, 0.15) is 18.3 Å². The standard InChI is InChI=1S/C27H30ClN3O5S/c1-4-23(27(33)29-2)30(18-20-14-16-21(28)17-15-20)26(32)19-31(24-12-8-9-13-25(24)36-3)37(34,35)22-10-6-5-7-11-22/h5-17,23H,4,18-19H2,1-3H3,(H,29,33). The van der Waals surface area contributed by atoms with E-state index in [9.17, 15) is 18.0 Å². The first-order valence-corrected chi connectivity index (χ1v) is 13.5. The minimum Gasteiger partial charge on any atom is -0.495 e. The summed E-state index contributed by atoms with van der Waals surface area (Å²) in [7, 11) is -1.24. The fraction of sp³-hybridized carbons (Fsp3) is 0.259. The Balaban J connectivity index is 2.08. The molecule has 37 heavy (non-hydrogen) atoms. The molecule has 3 aromatic rings. The predicted octanol–water partition coefficient (Wildman–Crippen LogP) is 4.10. The van der Waals surface area contributed by atoms with Crippen LogP contribution in [0.15, 0.2) is 83.8 Å². The number of likely N-dealkylation sites (N-methyl/N-ethyl adjacent to an activating group) is 1. The van der Waals surface area contributed by atoms with Crippen molar-refractivity contribution in [2.75, 3.05) is 25.0 Å². The number of rotatable bonds is 11. The largest absolute Gasteiger partial charge is 0.495 e. The van der Waals surface area contributed by atoms with E-state index >= 15 is 0 Å². The van der Waals surface area contributed by atoms with Crippen LogP contribution in [0.4, 0.5) is 5.69 Å². The van der Waals surface area contributed by atoms with E-state index < -0.39 is 28.5 Å². The van der Waals surface area contributed by atoms with Gasteiger partial charge in [-0.05, 0) is 48.4 Å². The van der Waals surface area contributed by atoms with Crippen molar-refractivity contribution in [3.63, 3.8) is 0 Å². The van der Waals surface area contributed by atoms with Gasteiger partial charge in [0.05, 0.1) is 17.7 Å². The van der Waals surface area contributed by atoms with Gasteiger partial charge in [-0.2, -0.15) is 0 Å². The Hall–Kier alpha value is -3.56. The van der Waals surface area contributed by atoms with Gasteiger partial charge in [-0.3, -0.25) is 13.9 Å². The summed E-state index contributed by atoms with van der Waals surface area (Å²) in [6.45, 7) is 1.34. The fourth-order valence-corrected chi connectivity index (χ4v) is 5.51. The van der Waals surface area contributed by atoms with E-state index in [1.807, 2.05) is 0 Å². The van der Waals surface area contributed by atoms with E-state index in [1.165, 1.54) is 31.2 Å². The van der Waals surface area contributed by atoms with Crippen molar-refractivity contribution in [1.29, 1.82) is 0 Å². The lowest BCUT2D eigenvalue weighted by Crippen LogP contribution is -2.51. The van der Waals surface area contributed by atoms with Gasteiger partial charge in [0, 0.05) is 18.6 Å². The molecular formula is C27H30ClN3O5S. The number of para-hydroxylation sites is 2. The first kappa shape index (κ1) is 28.0. The highest BCUT2D eigenvalue weighted by Crippen LogP contribution is 2.32. The van der Waals surface area contributed by atoms with Gasteiger partial charge in [0.25, 0.3) is 10.0 Å². The Bertz CT molecular complexity index is 1320. The van der Waals surface area contributed by atoms with E-state index in [-0.39, 0.29) is 28.8 Å². The molecule has 1 unspecified atom stereocenters. The second kappa shape index (κ2) is 12.6. The number of benzene rings is 3. The number of hydrogen-bond donors (Lipinski definition) is 1. The monoisotopic (exact) mass is 543 g/mol. The average Bonchev–Trinajstić information content (AvgIpc) is 2.92. The molecule has 1 N–H and O–H groups in total. The molecule has 2 amide bonds. The summed E-state index contributed by atoms with van der Waals surface area (Å²) in [5, 5.41) is 3.14. The van der Waals surface area contributed by atoms with Crippen LogP contribution in [0.25, 0.3) is 0 Å². The predicted molar refractivity (Wildman–Crippen MR) is 144 cm³/mol. The van der Waals surface area contributed by atoms with Gasteiger partial charge in [-0.1, -0.05) is 61.0 Å². The van der Waals surface area contributed by atoms with Crippen LogP contribution in [0.2, 0.25) is 5.02 Å². The average molecular weight is 544 g/mol. The number of amides is 2. The van der Waals surface area contributed by atoms with Crippen LogP contribution in [0.1, 0.15) is 18.9 Å². The molecule has 0 spiro atoms. The number of nitrogens with zero attached hydrogens (tertiary/aromatic N) is 2. The summed E-state index contributed by atoms with van der Waals surface area (Å²) in [5.74, 6) is -0.604. The summed E-state index contributed by atoms with van der Waals surface area (Å²) in [6.07, 6.45) is 0.332. The number of ether oxygens (including phenoxy) is 1. The SMILES string of the molecule is CCC(C(=O)NC)N(Cc1ccc(Cl)cc1)C(=O)CN(c1ccccc1OC)S(=O)(=O)c1ccccc1. The Morgan fingerprint density at radius 2 is 1.59 bits per heavy atom. The van der Waals surface area contributed by atoms with Crippen LogP contribution in [-0.4, -0.2) is 51.9 Å². The van der Waals surface area contributed by atoms with Crippen molar-refractivity contribution < 1.29 is 22.7 Å². The first-order chi connectivity index (χ1) is 17.7. The maximum absolute atomic E-state index is 13.9. The molecule has 0 radical (unpaired) electrons. The third kappa shape index (κ3) is 6.61. The lowest BCUT2D eigenvalue weighted by atomic mass is 10.1. The number of hydrogen-bond acceptors (Lipinski definition) is 5. The summed E-state index contributed by atoms with van der Waals surface area (Å²) in [6, 6.07) is 20.5. The van der Waals surface area contributed by atoms with Gasteiger partial charge in [0.2, 0.25) is 11.8 Å². The van der Waals surface area contributed by atoms with Crippen LogP contribution in [0.5, 0.6) is 5.75 Å². The summed E-state index contributed by atoms with van der Waals surface area (Å²) in [5.41, 5.74) is 0.955. The van der Waals surface area contributed by atoms with Crippen LogP contribution in [0.3, 0.4) is 0 Å². The molecule has 0 saturated carbocycles. The highest BCUT2D eigenvalue weighted by atomic mass is 35.5. The quantitative estimate of drug-likeness (QED) is 0.393. The maximum Gasteiger partial charge on any atom is 0.264 e. The lowest BCUT2D eigenvalue weighted by molar-refractivity contribution is -0.140. The molecule has 1 atom stereocenters. The number of methoxy groups -OCH3 is 1. The van der Waals surface area contributed by atoms with Crippen molar-refractivity contribution in [3.8, 4) is 5.75 Å². The molecule has 3 aromatic carbocycles. The minimum atomic E-state index is -4.16. The molecule has 0 saturated heterocycles. The number of carbonyl (C=O) groups excluding carboxylic acids is 2. The molecule has 0 aliphatic heterocycles. The van der Waals surface area contributed by atoms with Gasteiger partial charge < -0.3 is 15.0 Å². The zero-order chi connectivity index (χ0) is 27.0. The smallest absolute Gasteiger partial charge is 0.264 e. The van der Waals surface area contributed by atoms with Crippen LogP contribution in [0, 0.1) is 0 Å². The number of halogens is 1. The molecule has 0 aliphatic rings. The molecule has 0 aliphatic carbocycles. The van der Waals surface area contributed by atoms with Crippen LogP contribution < -0.4 is 14.4 Å². The van der Waals surface area contributed by atoms with E-state index in [1.54, 1.807) is 73.7 Å². The minimum absolute atomic E-state index is 0.0244. The highest BCUT2D eigenvalue weighted by molar-refractivity contribution is 7.92. The van der Waals surface area contributed by atoms with Gasteiger partial charge in [-0.15, -0.1) is 0 Å². The van der Waals surface area contributed by atoms with Gasteiger partial charge in [-0.25, -0.2) is 8.42 Å². The van der Waals surface area contributed by atoms with Crippen molar-refractivity contribution in [3.05, 3.63) is 89.4 Å². The normalized spacial score (nSPS) is 11.9. The van der Waals surface area contributed by atoms with E-state index in [2.05, 4.69) is 5.32 Å². The van der Waals surface area contributed by atoms with Gasteiger partial charge >= 0.3 is 0 Å². The number of sulfonamides is 1. The second-order valence-electron chi connectivity index (χ2n) is 8.18. The molecule has 0 bridgehead atoms. The molecule has 8 nitrogen and oxygen atoms in total. The molecule has 196 valence electrons. The third-order valence-electron chi connectivity index (χ3n) is 5.86. The van der Waals surface area contributed by atoms with Crippen molar-refractivity contribution >= 4 is 39.1 Å². The van der Waals surface area contributed by atoms with E-state index in [0.717, 1.165) is 9.87 Å². The van der Waals surface area contributed by atoms with Crippen molar-refractivity contribution in [2.45, 2.75) is 30.8 Å². The van der Waals surface area contributed by atoms with Gasteiger partial charge in [0.15, 0.2) is 0 Å². The Kier molecular flexibility index (Phi) is 9.54. The zero-order valence-corrected chi connectivity index (χ0v) is 22.5. The van der Waals surface area contributed by atoms with E-state index in [0.29, 0.717) is 11.4 Å². The van der Waals surface area contributed by atoms with Crippen LogP contribution in [-0.2, 0) is 26.2 Å². The summed E-state index contributed by atoms with van der Waals surface area (Å²) >= 11 is 6.02. The third-order valence-corrected chi connectivity index (χ3v) is 7.89. The van der Waals surface area contributed by atoms with Crippen LogP contribution >= 0.6 is 11.6 Å². The lowest BCUT2D eigenvalue weighted by Gasteiger charge is -2.33. The number of carbonyl (C=O) groups is 2. The zero-order valence-electron chi connectivity index (χ0n) is 20.9. The summed E-state index contributed by atoms with van der Waals surface area (Å²) in [4.78, 5) is 28.0. The summed E-state index contributed by atoms with van der Waals surface area (Å²) < 4.78 is 34.0. The molecule has 0 aromatic heterocycles. The first-order valence-electron chi connectivity index (χ1n) is 11.7. The highest BCUT2D eigenvalue weighted by Gasteiger charge is 2.34. The Morgan fingerprint density at radius 1 is 0.973 bits per heavy atom. The fourth-order valence-electron chi connectivity index (χ4n) is 3.94. The van der Waals surface area contributed by atoms with E-state index in [4.69, 9.17) is 16.3 Å². The maximum atomic E-state index is 13.9. The van der Waals surface area contributed by atoms with Crippen molar-refractivity contribution in [1.82, 2.24) is 10.2 Å². The number of anilines is 1. The Morgan fingerprint density at radius 3 is 2.19 bits per heavy atom. The number of nitrogens with one attached hydrogen (secondary N) is 1. The molecule has 3 rings (SSSR count). The second-order valence-corrected chi connectivity index (χ2v) is 10.5. The molecule has 0 heterocycles. The molecule has 10 heteroatoms. The Labute approximate surface area is 222 Å². The molecular weight excluding hydrogens is 514 g/mol. The molecule has 0 fully saturated rings. The van der Waals surface area contributed by atoms with Crippen molar-refractivity contribution in [2.24, 2.45) is 0 Å². The topological polar surface area (TPSA) is 96.0 Å².